The van der Waals surface area contributed by atoms with Crippen LogP contribution < -0.4 is 14.8 Å². The number of methoxy groups -OCH3 is 1. The lowest BCUT2D eigenvalue weighted by Gasteiger charge is -2.18. The Morgan fingerprint density at radius 3 is 2.64 bits per heavy atom. The molecule has 2 aromatic carbocycles. The summed E-state index contributed by atoms with van der Waals surface area (Å²) in [5.74, 6) is 0.474. The molecule has 0 bridgehead atoms. The highest BCUT2D eigenvalue weighted by molar-refractivity contribution is 5.95. The molecule has 7 heteroatoms. The summed E-state index contributed by atoms with van der Waals surface area (Å²) in [5.41, 5.74) is 1.27. The summed E-state index contributed by atoms with van der Waals surface area (Å²) in [5, 5.41) is 13.5. The number of non-ortho nitro benzene ring substituents is 1. The van der Waals surface area contributed by atoms with E-state index in [1.807, 2.05) is 32.0 Å². The fourth-order valence-electron chi connectivity index (χ4n) is 2.29. The Bertz CT molecular complexity index is 776. The van der Waals surface area contributed by atoms with E-state index in [9.17, 15) is 14.9 Å². The third kappa shape index (κ3) is 4.69. The fourth-order valence-corrected chi connectivity index (χ4v) is 2.29. The minimum Gasteiger partial charge on any atom is -0.494 e. The Morgan fingerprint density at radius 1 is 1.28 bits per heavy atom. The van der Waals surface area contributed by atoms with Gasteiger partial charge in [-0.1, -0.05) is 19.1 Å². The van der Waals surface area contributed by atoms with Crippen LogP contribution in [-0.2, 0) is 4.79 Å². The van der Waals surface area contributed by atoms with Crippen molar-refractivity contribution in [3.05, 3.63) is 58.1 Å². The highest BCUT2D eigenvalue weighted by Crippen LogP contribution is 2.29. The fraction of sp³-hybridized carbons (Fsp3) is 0.278. The zero-order valence-electron chi connectivity index (χ0n) is 14.3. The summed E-state index contributed by atoms with van der Waals surface area (Å²) < 4.78 is 10.9. The van der Waals surface area contributed by atoms with Crippen LogP contribution in [0.25, 0.3) is 0 Å². The maximum absolute atomic E-state index is 12.5. The van der Waals surface area contributed by atoms with Gasteiger partial charge in [-0.15, -0.1) is 0 Å². The molecule has 0 fully saturated rings. The van der Waals surface area contributed by atoms with Gasteiger partial charge in [-0.2, -0.15) is 0 Å². The van der Waals surface area contributed by atoms with E-state index in [-0.39, 0.29) is 17.3 Å². The van der Waals surface area contributed by atoms with Gasteiger partial charge in [0.25, 0.3) is 11.6 Å². The van der Waals surface area contributed by atoms with Crippen molar-refractivity contribution in [2.75, 3.05) is 12.4 Å². The van der Waals surface area contributed by atoms with Crippen LogP contribution in [0.15, 0.2) is 42.5 Å². The second kappa shape index (κ2) is 8.14. The molecule has 1 amide bonds. The average molecular weight is 344 g/mol. The predicted molar refractivity (Wildman–Crippen MR) is 94.2 cm³/mol. The van der Waals surface area contributed by atoms with Gasteiger partial charge in [0.15, 0.2) is 6.10 Å². The van der Waals surface area contributed by atoms with E-state index >= 15 is 0 Å². The number of rotatable bonds is 7. The highest BCUT2D eigenvalue weighted by Gasteiger charge is 2.21. The zero-order chi connectivity index (χ0) is 18.4. The van der Waals surface area contributed by atoms with Gasteiger partial charge in [-0.25, -0.2) is 0 Å². The number of carbonyl (C=O) groups excluding carboxylic acids is 1. The zero-order valence-corrected chi connectivity index (χ0v) is 14.3. The summed E-state index contributed by atoms with van der Waals surface area (Å²) in [6.45, 7) is 3.78. The van der Waals surface area contributed by atoms with Gasteiger partial charge in [0.05, 0.1) is 23.8 Å². The second-order valence-corrected chi connectivity index (χ2v) is 5.46. The van der Waals surface area contributed by atoms with Crippen LogP contribution in [0.4, 0.5) is 11.4 Å². The lowest BCUT2D eigenvalue weighted by atomic mass is 10.2. The summed E-state index contributed by atoms with van der Waals surface area (Å²) in [6, 6.07) is 11.4. The molecule has 25 heavy (non-hydrogen) atoms. The van der Waals surface area contributed by atoms with Crippen molar-refractivity contribution in [3.8, 4) is 11.5 Å². The normalized spacial score (nSPS) is 11.5. The standard InChI is InChI=1S/C18H20N2O5/c1-4-16(25-14-7-5-6-12(2)10-14)18(21)19-15-9-8-13(20(22)23)11-17(15)24-3/h5-11,16H,4H2,1-3H3,(H,19,21). The molecule has 0 saturated carbocycles. The van der Waals surface area contributed by atoms with E-state index in [2.05, 4.69) is 5.32 Å². The van der Waals surface area contributed by atoms with Crippen LogP contribution in [0.5, 0.6) is 11.5 Å². The van der Waals surface area contributed by atoms with E-state index in [4.69, 9.17) is 9.47 Å². The van der Waals surface area contributed by atoms with Gasteiger partial charge in [0, 0.05) is 6.07 Å². The number of anilines is 1. The number of hydrogen-bond acceptors (Lipinski definition) is 5. The van der Waals surface area contributed by atoms with Crippen LogP contribution >= 0.6 is 0 Å². The Hall–Kier alpha value is -3.09. The quantitative estimate of drug-likeness (QED) is 0.611. The third-order valence-corrected chi connectivity index (χ3v) is 3.58. The lowest BCUT2D eigenvalue weighted by molar-refractivity contribution is -0.384. The van der Waals surface area contributed by atoms with Crippen LogP contribution in [0.3, 0.4) is 0 Å². The Labute approximate surface area is 145 Å². The molecule has 2 rings (SSSR count). The maximum Gasteiger partial charge on any atom is 0.273 e. The van der Waals surface area contributed by atoms with E-state index in [0.29, 0.717) is 17.9 Å². The van der Waals surface area contributed by atoms with Crippen molar-refractivity contribution in [1.82, 2.24) is 0 Å². The molecule has 0 heterocycles. The monoisotopic (exact) mass is 344 g/mol. The summed E-state index contributed by atoms with van der Waals surface area (Å²) in [7, 11) is 1.38. The number of benzene rings is 2. The minimum absolute atomic E-state index is 0.113. The Balaban J connectivity index is 2.15. The molecule has 0 aromatic heterocycles. The lowest BCUT2D eigenvalue weighted by Crippen LogP contribution is -2.32. The van der Waals surface area contributed by atoms with Crippen molar-refractivity contribution < 1.29 is 19.2 Å². The molecule has 0 radical (unpaired) electrons. The van der Waals surface area contributed by atoms with Gasteiger partial charge in [-0.3, -0.25) is 14.9 Å². The molecule has 0 saturated heterocycles. The second-order valence-electron chi connectivity index (χ2n) is 5.46. The number of nitro groups is 1. The van der Waals surface area contributed by atoms with Crippen molar-refractivity contribution in [2.45, 2.75) is 26.4 Å². The number of aryl methyl sites for hydroxylation is 1. The first kappa shape index (κ1) is 18.3. The van der Waals surface area contributed by atoms with Crippen LogP contribution in [0, 0.1) is 17.0 Å². The van der Waals surface area contributed by atoms with Gasteiger partial charge in [0.2, 0.25) is 0 Å². The molecule has 0 spiro atoms. The van der Waals surface area contributed by atoms with E-state index < -0.39 is 11.0 Å². The first-order chi connectivity index (χ1) is 11.9. The number of nitrogens with zero attached hydrogens (tertiary/aromatic N) is 1. The smallest absolute Gasteiger partial charge is 0.273 e. The van der Waals surface area contributed by atoms with Crippen LogP contribution in [0.1, 0.15) is 18.9 Å². The van der Waals surface area contributed by atoms with Crippen molar-refractivity contribution in [2.24, 2.45) is 0 Å². The SMILES string of the molecule is CCC(Oc1cccc(C)c1)C(=O)Nc1ccc([N+](=O)[O-])cc1OC. The highest BCUT2D eigenvalue weighted by atomic mass is 16.6. The summed E-state index contributed by atoms with van der Waals surface area (Å²) in [4.78, 5) is 22.8. The first-order valence-corrected chi connectivity index (χ1v) is 7.81. The molecule has 132 valence electrons. The molecular weight excluding hydrogens is 324 g/mol. The number of nitrogens with one attached hydrogen (secondary N) is 1. The van der Waals surface area contributed by atoms with Crippen molar-refractivity contribution >= 4 is 17.3 Å². The number of amides is 1. The van der Waals surface area contributed by atoms with Crippen LogP contribution in [-0.4, -0.2) is 24.0 Å². The number of ether oxygens (including phenoxy) is 2. The average Bonchev–Trinajstić information content (AvgIpc) is 2.59. The molecular formula is C18H20N2O5. The Kier molecular flexibility index (Phi) is 5.94. The summed E-state index contributed by atoms with van der Waals surface area (Å²) >= 11 is 0. The molecule has 7 nitrogen and oxygen atoms in total. The van der Waals surface area contributed by atoms with Gasteiger partial charge >= 0.3 is 0 Å². The largest absolute Gasteiger partial charge is 0.494 e. The number of hydrogen-bond donors (Lipinski definition) is 1. The number of carbonyl (C=O) groups is 1. The number of nitro benzene ring substituents is 1. The van der Waals surface area contributed by atoms with Crippen molar-refractivity contribution in [3.63, 3.8) is 0 Å². The van der Waals surface area contributed by atoms with Gasteiger partial charge in [-0.05, 0) is 37.1 Å². The molecule has 2 aromatic rings. The molecule has 0 aliphatic heterocycles. The maximum atomic E-state index is 12.5. The van der Waals surface area contributed by atoms with Crippen molar-refractivity contribution in [1.29, 1.82) is 0 Å². The summed E-state index contributed by atoms with van der Waals surface area (Å²) in [6.07, 6.45) is -0.226. The minimum atomic E-state index is -0.693. The molecule has 0 aliphatic carbocycles. The van der Waals surface area contributed by atoms with Gasteiger partial charge in [0.1, 0.15) is 11.5 Å². The molecule has 1 unspecified atom stereocenters. The Morgan fingerprint density at radius 2 is 2.04 bits per heavy atom. The predicted octanol–water partition coefficient (Wildman–Crippen LogP) is 3.71. The third-order valence-electron chi connectivity index (χ3n) is 3.58. The van der Waals surface area contributed by atoms with E-state index in [1.54, 1.807) is 6.07 Å². The molecule has 1 atom stereocenters. The van der Waals surface area contributed by atoms with E-state index in [1.165, 1.54) is 25.3 Å². The first-order valence-electron chi connectivity index (χ1n) is 7.81. The molecule has 0 aliphatic rings. The molecule has 1 N–H and O–H groups in total. The van der Waals surface area contributed by atoms with E-state index in [0.717, 1.165) is 5.56 Å². The topological polar surface area (TPSA) is 90.7 Å². The van der Waals surface area contributed by atoms with Gasteiger partial charge < -0.3 is 14.8 Å². The van der Waals surface area contributed by atoms with Crippen LogP contribution in [0.2, 0.25) is 0 Å².